The molecule has 0 radical (unpaired) electrons. The molecule has 21 heavy (non-hydrogen) atoms. The van der Waals surface area contributed by atoms with Crippen LogP contribution in [0.1, 0.15) is 84.5 Å². The number of sulfone groups is 1. The Bertz CT molecular complexity index is 315. The van der Waals surface area contributed by atoms with Crippen LogP contribution >= 0.6 is 0 Å². The van der Waals surface area contributed by atoms with Crippen LogP contribution in [-0.2, 0) is 9.84 Å². The van der Waals surface area contributed by atoms with Gasteiger partial charge >= 0.3 is 0 Å². The van der Waals surface area contributed by atoms with Crippen LogP contribution in [0.3, 0.4) is 0 Å². The monoisotopic (exact) mass is 319 g/mol. The van der Waals surface area contributed by atoms with Gasteiger partial charge in [0.2, 0.25) is 0 Å². The Balaban J connectivity index is 3.56. The van der Waals surface area contributed by atoms with Gasteiger partial charge in [-0.05, 0) is 19.4 Å². The number of hydrogen-bond acceptors (Lipinski definition) is 3. The molecule has 0 amide bonds. The van der Waals surface area contributed by atoms with Crippen molar-refractivity contribution in [1.29, 1.82) is 0 Å². The standard InChI is InChI=1S/C17H37NO2S/c1-4-6-7-8-9-10-11-12-13-14-17(18-5-2)15-16-21(3,19)20/h17-18H,4-16H2,1-3H3. The fourth-order valence-electron chi connectivity index (χ4n) is 2.69. The zero-order valence-electron chi connectivity index (χ0n) is 14.5. The van der Waals surface area contributed by atoms with Gasteiger partial charge in [-0.1, -0.05) is 71.6 Å². The first kappa shape index (κ1) is 20.9. The average molecular weight is 320 g/mol. The minimum Gasteiger partial charge on any atom is -0.314 e. The lowest BCUT2D eigenvalue weighted by Crippen LogP contribution is -2.30. The van der Waals surface area contributed by atoms with Crippen LogP contribution in [0.5, 0.6) is 0 Å². The Morgan fingerprint density at radius 2 is 1.33 bits per heavy atom. The second kappa shape index (κ2) is 13.6. The maximum atomic E-state index is 11.2. The number of rotatable bonds is 15. The highest BCUT2D eigenvalue weighted by Crippen LogP contribution is 2.12. The van der Waals surface area contributed by atoms with E-state index in [1.165, 1.54) is 64.0 Å². The highest BCUT2D eigenvalue weighted by molar-refractivity contribution is 7.90. The van der Waals surface area contributed by atoms with Crippen LogP contribution in [0.25, 0.3) is 0 Å². The van der Waals surface area contributed by atoms with Gasteiger partial charge in [0.25, 0.3) is 0 Å². The van der Waals surface area contributed by atoms with E-state index in [-0.39, 0.29) is 0 Å². The number of hydrogen-bond donors (Lipinski definition) is 1. The van der Waals surface area contributed by atoms with Gasteiger partial charge in [-0.15, -0.1) is 0 Å². The lowest BCUT2D eigenvalue weighted by atomic mass is 10.0. The molecule has 1 N–H and O–H groups in total. The van der Waals surface area contributed by atoms with Crippen molar-refractivity contribution in [3.63, 3.8) is 0 Å². The van der Waals surface area contributed by atoms with Crippen molar-refractivity contribution >= 4 is 9.84 Å². The third-order valence-corrected chi connectivity index (χ3v) is 4.96. The summed E-state index contributed by atoms with van der Waals surface area (Å²) in [6.45, 7) is 5.26. The molecule has 0 saturated carbocycles. The highest BCUT2D eigenvalue weighted by Gasteiger charge is 2.10. The minimum atomic E-state index is -2.83. The van der Waals surface area contributed by atoms with E-state index in [1.807, 2.05) is 0 Å². The summed E-state index contributed by atoms with van der Waals surface area (Å²) in [5.41, 5.74) is 0. The van der Waals surface area contributed by atoms with E-state index < -0.39 is 9.84 Å². The first-order chi connectivity index (χ1) is 9.99. The predicted octanol–water partition coefficient (Wildman–Crippen LogP) is 4.32. The first-order valence-corrected chi connectivity index (χ1v) is 11.0. The topological polar surface area (TPSA) is 46.2 Å². The molecular weight excluding hydrogens is 282 g/mol. The van der Waals surface area contributed by atoms with E-state index in [0.717, 1.165) is 19.4 Å². The van der Waals surface area contributed by atoms with E-state index in [1.54, 1.807) is 0 Å². The molecule has 0 saturated heterocycles. The highest BCUT2D eigenvalue weighted by atomic mass is 32.2. The van der Waals surface area contributed by atoms with Gasteiger partial charge in [0.1, 0.15) is 9.84 Å². The molecule has 0 aliphatic carbocycles. The summed E-state index contributed by atoms with van der Waals surface area (Å²) in [5, 5.41) is 3.42. The van der Waals surface area contributed by atoms with Gasteiger partial charge < -0.3 is 5.32 Å². The largest absolute Gasteiger partial charge is 0.314 e. The third kappa shape index (κ3) is 16.1. The molecule has 4 heteroatoms. The van der Waals surface area contributed by atoms with Gasteiger partial charge in [-0.2, -0.15) is 0 Å². The van der Waals surface area contributed by atoms with Gasteiger partial charge in [0.15, 0.2) is 0 Å². The first-order valence-electron chi connectivity index (χ1n) is 8.90. The van der Waals surface area contributed by atoms with E-state index >= 15 is 0 Å². The Labute approximate surface area is 133 Å². The van der Waals surface area contributed by atoms with Crippen LogP contribution in [0, 0.1) is 0 Å². The van der Waals surface area contributed by atoms with Crippen LogP contribution in [0.15, 0.2) is 0 Å². The van der Waals surface area contributed by atoms with Crippen LogP contribution < -0.4 is 5.32 Å². The summed E-state index contributed by atoms with van der Waals surface area (Å²) in [6.07, 6.45) is 15.2. The smallest absolute Gasteiger partial charge is 0.147 e. The van der Waals surface area contributed by atoms with E-state index in [9.17, 15) is 8.42 Å². The SMILES string of the molecule is CCCCCCCCCCCC(CCS(C)(=O)=O)NCC. The van der Waals surface area contributed by atoms with Gasteiger partial charge in [-0.25, -0.2) is 8.42 Å². The van der Waals surface area contributed by atoms with Crippen LogP contribution in [0.4, 0.5) is 0 Å². The summed E-state index contributed by atoms with van der Waals surface area (Å²) in [4.78, 5) is 0. The Morgan fingerprint density at radius 1 is 0.810 bits per heavy atom. The van der Waals surface area contributed by atoms with Crippen molar-refractivity contribution in [1.82, 2.24) is 5.32 Å². The van der Waals surface area contributed by atoms with Crippen molar-refractivity contribution < 1.29 is 8.42 Å². The molecular formula is C17H37NO2S. The second-order valence-electron chi connectivity index (χ2n) is 6.29. The van der Waals surface area contributed by atoms with Gasteiger partial charge in [0, 0.05) is 12.3 Å². The fraction of sp³-hybridized carbons (Fsp3) is 1.00. The molecule has 3 nitrogen and oxygen atoms in total. The average Bonchev–Trinajstić information content (AvgIpc) is 2.42. The summed E-state index contributed by atoms with van der Waals surface area (Å²) in [5.74, 6) is 0.308. The summed E-state index contributed by atoms with van der Waals surface area (Å²) >= 11 is 0. The maximum Gasteiger partial charge on any atom is 0.147 e. The predicted molar refractivity (Wildman–Crippen MR) is 93.6 cm³/mol. The Morgan fingerprint density at radius 3 is 1.81 bits per heavy atom. The molecule has 0 heterocycles. The van der Waals surface area contributed by atoms with E-state index in [2.05, 4.69) is 19.2 Å². The summed E-state index contributed by atoms with van der Waals surface area (Å²) in [7, 11) is -2.83. The molecule has 0 rings (SSSR count). The molecule has 128 valence electrons. The van der Waals surface area contributed by atoms with Crippen LogP contribution in [-0.4, -0.2) is 33.0 Å². The van der Waals surface area contributed by atoms with Crippen molar-refractivity contribution in [3.8, 4) is 0 Å². The Hall–Kier alpha value is -0.0900. The zero-order valence-corrected chi connectivity index (χ0v) is 15.3. The minimum absolute atomic E-state index is 0.308. The quantitative estimate of drug-likeness (QED) is 0.457. The van der Waals surface area contributed by atoms with E-state index in [0.29, 0.717) is 11.8 Å². The summed E-state index contributed by atoms with van der Waals surface area (Å²) in [6, 6.07) is 0.370. The molecule has 0 aromatic heterocycles. The Kier molecular flexibility index (Phi) is 13.5. The second-order valence-corrected chi connectivity index (χ2v) is 8.55. The van der Waals surface area contributed by atoms with Crippen molar-refractivity contribution in [2.75, 3.05) is 18.6 Å². The van der Waals surface area contributed by atoms with E-state index in [4.69, 9.17) is 0 Å². The molecule has 0 aromatic rings. The number of nitrogens with one attached hydrogen (secondary N) is 1. The lowest BCUT2D eigenvalue weighted by Gasteiger charge is -2.17. The van der Waals surface area contributed by atoms with Gasteiger partial charge in [-0.3, -0.25) is 0 Å². The fourth-order valence-corrected chi connectivity index (χ4v) is 3.41. The third-order valence-electron chi connectivity index (χ3n) is 3.99. The molecule has 0 spiro atoms. The van der Waals surface area contributed by atoms with Crippen molar-refractivity contribution in [2.24, 2.45) is 0 Å². The normalized spacial score (nSPS) is 13.5. The van der Waals surface area contributed by atoms with Crippen molar-refractivity contribution in [3.05, 3.63) is 0 Å². The lowest BCUT2D eigenvalue weighted by molar-refractivity contribution is 0.449. The summed E-state index contributed by atoms with van der Waals surface area (Å²) < 4.78 is 22.5. The number of unbranched alkanes of at least 4 members (excludes halogenated alkanes) is 8. The molecule has 0 aliphatic heterocycles. The maximum absolute atomic E-state index is 11.2. The molecule has 1 atom stereocenters. The molecule has 1 unspecified atom stereocenters. The van der Waals surface area contributed by atoms with Crippen molar-refractivity contribution in [2.45, 2.75) is 90.5 Å². The molecule has 0 fully saturated rings. The molecule has 0 aromatic carbocycles. The van der Waals surface area contributed by atoms with Gasteiger partial charge in [0.05, 0.1) is 5.75 Å². The molecule has 0 bridgehead atoms. The molecule has 0 aliphatic rings. The zero-order chi connectivity index (χ0) is 16.0. The van der Waals surface area contributed by atoms with Crippen LogP contribution in [0.2, 0.25) is 0 Å².